The summed E-state index contributed by atoms with van der Waals surface area (Å²) in [6.45, 7) is 3.00. The van der Waals surface area contributed by atoms with Crippen molar-refractivity contribution in [1.29, 1.82) is 5.26 Å². The lowest BCUT2D eigenvalue weighted by Crippen LogP contribution is -2.49. The van der Waals surface area contributed by atoms with Crippen LogP contribution in [0.3, 0.4) is 0 Å². The molecule has 218 valence electrons. The molecule has 0 N–H and O–H groups in total. The molecule has 0 radical (unpaired) electrons. The fraction of sp³-hybridized carbons (Fsp3) is 0.303. The topological polar surface area (TPSA) is 106 Å². The van der Waals surface area contributed by atoms with Gasteiger partial charge in [-0.15, -0.1) is 0 Å². The highest BCUT2D eigenvalue weighted by atomic mass is 16.2. The molecule has 0 aliphatic carbocycles. The Bertz CT molecular complexity index is 1670. The molecule has 10 nitrogen and oxygen atoms in total. The first-order chi connectivity index (χ1) is 20.9. The number of amides is 4. The van der Waals surface area contributed by atoms with Crippen molar-refractivity contribution in [2.45, 2.75) is 25.0 Å². The smallest absolute Gasteiger partial charge is 0.327 e. The normalized spacial score (nSPS) is 18.3. The first-order valence-corrected chi connectivity index (χ1v) is 14.5. The van der Waals surface area contributed by atoms with Gasteiger partial charge in [0, 0.05) is 45.1 Å². The summed E-state index contributed by atoms with van der Waals surface area (Å²) >= 11 is 0. The largest absolute Gasteiger partial charge is 0.340 e. The van der Waals surface area contributed by atoms with E-state index in [1.165, 1.54) is 4.90 Å². The van der Waals surface area contributed by atoms with E-state index in [4.69, 9.17) is 0 Å². The molecule has 2 unspecified atom stereocenters. The number of nitriles is 1. The molecule has 3 heterocycles. The number of carbonyl (C=O) groups excluding carboxylic acids is 3. The van der Waals surface area contributed by atoms with Gasteiger partial charge in [0.2, 0.25) is 5.91 Å². The molecular formula is C33H33N7O3. The van der Waals surface area contributed by atoms with E-state index in [2.05, 4.69) is 16.0 Å². The molecule has 6 rings (SSSR count). The summed E-state index contributed by atoms with van der Waals surface area (Å²) < 4.78 is 1.85. The van der Waals surface area contributed by atoms with Crippen molar-refractivity contribution in [1.82, 2.24) is 29.2 Å². The maximum absolute atomic E-state index is 14.1. The van der Waals surface area contributed by atoms with Gasteiger partial charge in [0.05, 0.1) is 37.0 Å². The van der Waals surface area contributed by atoms with E-state index in [1.54, 1.807) is 40.7 Å². The highest BCUT2D eigenvalue weighted by Gasteiger charge is 2.47. The standard InChI is InChI=1S/C33H33N7O3/c1-36-15-17-37(18-16-36)31(41)19-29-32(42)40(22-30(38-14-13-35-23-38)26-11-9-24(20-34)10-12-26)33(43)39(29)21-27-7-4-6-25-5-2-3-8-28(25)27/h2-14,23,29-30H,15-19,21-22H2,1H3. The molecule has 1 aromatic heterocycles. The van der Waals surface area contributed by atoms with Crippen LogP contribution in [-0.4, -0.2) is 92.8 Å². The molecule has 0 spiro atoms. The van der Waals surface area contributed by atoms with Crippen LogP contribution in [0.15, 0.2) is 85.5 Å². The van der Waals surface area contributed by atoms with E-state index in [1.807, 2.05) is 66.2 Å². The summed E-state index contributed by atoms with van der Waals surface area (Å²) in [5.74, 6) is -0.506. The number of nitrogens with zero attached hydrogens (tertiary/aromatic N) is 7. The molecule has 4 aromatic rings. The van der Waals surface area contributed by atoms with Gasteiger partial charge in [0.25, 0.3) is 5.91 Å². The Balaban J connectivity index is 1.32. The number of benzene rings is 3. The third kappa shape index (κ3) is 5.72. The van der Waals surface area contributed by atoms with Crippen LogP contribution in [0.5, 0.6) is 0 Å². The number of fused-ring (bicyclic) bond motifs is 1. The van der Waals surface area contributed by atoms with Gasteiger partial charge < -0.3 is 19.3 Å². The van der Waals surface area contributed by atoms with Crippen LogP contribution < -0.4 is 0 Å². The molecule has 0 bridgehead atoms. The number of aromatic nitrogens is 2. The number of hydrogen-bond acceptors (Lipinski definition) is 6. The minimum Gasteiger partial charge on any atom is -0.340 e. The monoisotopic (exact) mass is 575 g/mol. The molecule has 4 amide bonds. The molecule has 43 heavy (non-hydrogen) atoms. The zero-order chi connectivity index (χ0) is 29.9. The van der Waals surface area contributed by atoms with E-state index in [9.17, 15) is 19.6 Å². The van der Waals surface area contributed by atoms with Gasteiger partial charge in [-0.25, -0.2) is 9.78 Å². The highest BCUT2D eigenvalue weighted by Crippen LogP contribution is 2.30. The third-order valence-corrected chi connectivity index (χ3v) is 8.51. The number of piperazine rings is 1. The Morgan fingerprint density at radius 3 is 2.47 bits per heavy atom. The van der Waals surface area contributed by atoms with Crippen LogP contribution >= 0.6 is 0 Å². The Kier molecular flexibility index (Phi) is 7.90. The zero-order valence-corrected chi connectivity index (χ0v) is 24.0. The van der Waals surface area contributed by atoms with Gasteiger partial charge >= 0.3 is 6.03 Å². The van der Waals surface area contributed by atoms with Gasteiger partial charge in [0.1, 0.15) is 6.04 Å². The van der Waals surface area contributed by atoms with Gasteiger partial charge in [0.15, 0.2) is 0 Å². The number of carbonyl (C=O) groups is 3. The lowest BCUT2D eigenvalue weighted by atomic mass is 10.0. The number of rotatable bonds is 8. The quantitative estimate of drug-likeness (QED) is 0.298. The summed E-state index contributed by atoms with van der Waals surface area (Å²) in [6, 6.07) is 21.3. The first-order valence-electron chi connectivity index (χ1n) is 14.5. The second-order valence-electron chi connectivity index (χ2n) is 11.2. The second-order valence-corrected chi connectivity index (χ2v) is 11.2. The lowest BCUT2D eigenvalue weighted by Gasteiger charge is -2.33. The Morgan fingerprint density at radius 2 is 1.74 bits per heavy atom. The molecule has 2 atom stereocenters. The minimum atomic E-state index is -0.914. The summed E-state index contributed by atoms with van der Waals surface area (Å²) in [4.78, 5) is 52.7. The molecule has 10 heteroatoms. The second kappa shape index (κ2) is 12.1. The molecule has 2 aliphatic rings. The van der Waals surface area contributed by atoms with Gasteiger partial charge in [-0.3, -0.25) is 14.5 Å². The van der Waals surface area contributed by atoms with Gasteiger partial charge in [-0.05, 0) is 41.1 Å². The van der Waals surface area contributed by atoms with Gasteiger partial charge in [-0.1, -0.05) is 54.6 Å². The molecule has 2 fully saturated rings. The molecule has 2 aliphatic heterocycles. The van der Waals surface area contributed by atoms with Crippen molar-refractivity contribution in [2.75, 3.05) is 39.8 Å². The van der Waals surface area contributed by atoms with Crippen molar-refractivity contribution < 1.29 is 14.4 Å². The lowest BCUT2D eigenvalue weighted by molar-refractivity contribution is -0.138. The van der Waals surface area contributed by atoms with Crippen LogP contribution in [0.4, 0.5) is 4.79 Å². The Morgan fingerprint density at radius 1 is 1.00 bits per heavy atom. The first kappa shape index (κ1) is 28.1. The number of hydrogen-bond donors (Lipinski definition) is 0. The Labute approximate surface area is 250 Å². The van der Waals surface area contributed by atoms with E-state index < -0.39 is 18.1 Å². The minimum absolute atomic E-state index is 0.0607. The summed E-state index contributed by atoms with van der Waals surface area (Å²) in [5, 5.41) is 11.3. The zero-order valence-electron chi connectivity index (χ0n) is 24.0. The third-order valence-electron chi connectivity index (χ3n) is 8.51. The van der Waals surface area contributed by atoms with Crippen molar-refractivity contribution in [3.8, 4) is 6.07 Å². The van der Waals surface area contributed by atoms with Crippen molar-refractivity contribution in [3.63, 3.8) is 0 Å². The average molecular weight is 576 g/mol. The van der Waals surface area contributed by atoms with Crippen molar-refractivity contribution in [2.24, 2.45) is 0 Å². The van der Waals surface area contributed by atoms with Crippen molar-refractivity contribution in [3.05, 3.63) is 102 Å². The Hall–Kier alpha value is -5.01. The van der Waals surface area contributed by atoms with Crippen LogP contribution in [0.25, 0.3) is 10.8 Å². The molecule has 3 aromatic carbocycles. The SMILES string of the molecule is CN1CCN(C(=O)CC2C(=O)N(CC(c3ccc(C#N)cc3)n3ccnc3)C(=O)N2Cc2cccc3ccccc23)CC1. The van der Waals surface area contributed by atoms with Crippen LogP contribution in [0.1, 0.15) is 29.2 Å². The fourth-order valence-corrected chi connectivity index (χ4v) is 5.98. The predicted molar refractivity (Wildman–Crippen MR) is 161 cm³/mol. The summed E-state index contributed by atoms with van der Waals surface area (Å²) in [7, 11) is 2.02. The fourth-order valence-electron chi connectivity index (χ4n) is 5.98. The van der Waals surface area contributed by atoms with Crippen molar-refractivity contribution >= 4 is 28.6 Å². The molecule has 0 saturated carbocycles. The van der Waals surface area contributed by atoms with E-state index in [0.29, 0.717) is 18.7 Å². The molecule has 2 saturated heterocycles. The number of imide groups is 1. The number of imidazole rings is 1. The van der Waals surface area contributed by atoms with Crippen LogP contribution in [0.2, 0.25) is 0 Å². The summed E-state index contributed by atoms with van der Waals surface area (Å²) in [5.41, 5.74) is 2.26. The van der Waals surface area contributed by atoms with E-state index in [0.717, 1.165) is 35.0 Å². The van der Waals surface area contributed by atoms with E-state index >= 15 is 0 Å². The van der Waals surface area contributed by atoms with Crippen LogP contribution in [-0.2, 0) is 16.1 Å². The average Bonchev–Trinajstić information content (AvgIpc) is 3.64. The molecular weight excluding hydrogens is 542 g/mol. The number of likely N-dealkylation sites (N-methyl/N-ethyl adjacent to an activating group) is 1. The predicted octanol–water partition coefficient (Wildman–Crippen LogP) is 3.49. The van der Waals surface area contributed by atoms with Crippen LogP contribution in [0, 0.1) is 11.3 Å². The maximum atomic E-state index is 14.1. The maximum Gasteiger partial charge on any atom is 0.327 e. The van der Waals surface area contributed by atoms with Gasteiger partial charge in [-0.2, -0.15) is 5.26 Å². The number of urea groups is 1. The summed E-state index contributed by atoms with van der Waals surface area (Å²) in [6.07, 6.45) is 5.02. The highest BCUT2D eigenvalue weighted by molar-refractivity contribution is 6.06. The van der Waals surface area contributed by atoms with E-state index in [-0.39, 0.29) is 31.3 Å².